The Balaban J connectivity index is 1.87. The summed E-state index contributed by atoms with van der Waals surface area (Å²) < 4.78 is 0. The van der Waals surface area contributed by atoms with Gasteiger partial charge in [0, 0.05) is 16.5 Å². The Morgan fingerprint density at radius 3 is 2.75 bits per heavy atom. The Morgan fingerprint density at radius 2 is 2.10 bits per heavy atom. The zero-order chi connectivity index (χ0) is 14.4. The molecule has 0 bridgehead atoms. The van der Waals surface area contributed by atoms with Crippen LogP contribution in [0.25, 0.3) is 0 Å². The van der Waals surface area contributed by atoms with Gasteiger partial charge in [0.15, 0.2) is 0 Å². The molecule has 3 heteroatoms. The van der Waals surface area contributed by atoms with Crippen LogP contribution >= 0.6 is 11.8 Å². The van der Waals surface area contributed by atoms with Gasteiger partial charge in [-0.25, -0.2) is 0 Å². The molecule has 20 heavy (non-hydrogen) atoms. The van der Waals surface area contributed by atoms with Crippen molar-refractivity contribution >= 4 is 11.8 Å². The fourth-order valence-electron chi connectivity index (χ4n) is 3.42. The minimum absolute atomic E-state index is 0.0363. The zero-order valence-electron chi connectivity index (χ0n) is 12.6. The maximum atomic E-state index is 9.88. The van der Waals surface area contributed by atoms with Crippen LogP contribution in [0.4, 0.5) is 0 Å². The number of hydrogen-bond acceptors (Lipinski definition) is 3. The van der Waals surface area contributed by atoms with Crippen molar-refractivity contribution in [2.75, 3.05) is 12.4 Å². The van der Waals surface area contributed by atoms with Crippen LogP contribution in [0.5, 0.6) is 0 Å². The molecule has 1 aliphatic rings. The number of hydrogen-bond donors (Lipinski definition) is 2. The summed E-state index contributed by atoms with van der Waals surface area (Å²) in [6.45, 7) is 4.61. The van der Waals surface area contributed by atoms with Crippen LogP contribution in [0.3, 0.4) is 0 Å². The van der Waals surface area contributed by atoms with Gasteiger partial charge in [-0.2, -0.15) is 0 Å². The molecule has 2 rings (SSSR count). The van der Waals surface area contributed by atoms with E-state index in [2.05, 4.69) is 49.5 Å². The number of benzene rings is 1. The first-order chi connectivity index (χ1) is 9.66. The average molecular weight is 293 g/mol. The molecule has 1 aromatic rings. The Morgan fingerprint density at radius 1 is 1.35 bits per heavy atom. The third-order valence-electron chi connectivity index (χ3n) is 4.29. The van der Waals surface area contributed by atoms with E-state index in [0.29, 0.717) is 12.0 Å². The molecule has 2 nitrogen and oxygen atoms in total. The first-order valence-corrected chi connectivity index (χ1v) is 8.71. The van der Waals surface area contributed by atoms with Crippen molar-refractivity contribution < 1.29 is 5.11 Å². The largest absolute Gasteiger partial charge is 0.394 e. The molecule has 1 fully saturated rings. The maximum Gasteiger partial charge on any atom is 0.0616 e. The highest BCUT2D eigenvalue weighted by atomic mass is 32.2. The summed E-state index contributed by atoms with van der Waals surface area (Å²) in [4.78, 5) is 1.34. The molecule has 0 aromatic heterocycles. The molecule has 2 atom stereocenters. The molecule has 0 radical (unpaired) electrons. The molecule has 2 unspecified atom stereocenters. The lowest BCUT2D eigenvalue weighted by Crippen LogP contribution is -2.54. The van der Waals surface area contributed by atoms with E-state index in [1.165, 1.54) is 24.2 Å². The lowest BCUT2D eigenvalue weighted by atomic mass is 9.85. The van der Waals surface area contributed by atoms with Gasteiger partial charge in [0.1, 0.15) is 0 Å². The molecule has 1 aromatic carbocycles. The Hall–Kier alpha value is -0.510. The number of aliphatic hydroxyl groups is 1. The number of aliphatic hydroxyl groups excluding tert-OH is 1. The van der Waals surface area contributed by atoms with Gasteiger partial charge in [-0.05, 0) is 43.1 Å². The second kappa shape index (κ2) is 7.48. The monoisotopic (exact) mass is 293 g/mol. The SMILES string of the molecule is CC(C)NC1(CO)CCCC1CCSc1ccccc1. The van der Waals surface area contributed by atoms with Crippen LogP contribution in [-0.2, 0) is 0 Å². The van der Waals surface area contributed by atoms with Crippen LogP contribution in [-0.4, -0.2) is 29.0 Å². The molecule has 0 heterocycles. The molecular formula is C17H27NOS. The topological polar surface area (TPSA) is 32.3 Å². The Labute approximate surface area is 127 Å². The fourth-order valence-corrected chi connectivity index (χ4v) is 4.41. The van der Waals surface area contributed by atoms with Crippen molar-refractivity contribution in [2.45, 2.75) is 56.0 Å². The van der Waals surface area contributed by atoms with Crippen LogP contribution in [0.15, 0.2) is 35.2 Å². The molecule has 0 spiro atoms. The summed E-state index contributed by atoms with van der Waals surface area (Å²) in [6.07, 6.45) is 4.78. The van der Waals surface area contributed by atoms with Gasteiger partial charge in [-0.1, -0.05) is 38.5 Å². The normalized spacial score (nSPS) is 26.3. The summed E-state index contributed by atoms with van der Waals surface area (Å²) in [7, 11) is 0. The van der Waals surface area contributed by atoms with Gasteiger partial charge in [-0.15, -0.1) is 11.8 Å². The van der Waals surface area contributed by atoms with Gasteiger partial charge in [0.2, 0.25) is 0 Å². The van der Waals surface area contributed by atoms with Crippen molar-refractivity contribution in [3.05, 3.63) is 30.3 Å². The molecule has 0 saturated heterocycles. The predicted octanol–water partition coefficient (Wildman–Crippen LogP) is 3.70. The van der Waals surface area contributed by atoms with Crippen molar-refractivity contribution in [1.29, 1.82) is 0 Å². The van der Waals surface area contributed by atoms with E-state index in [4.69, 9.17) is 0 Å². The second-order valence-electron chi connectivity index (χ2n) is 6.15. The van der Waals surface area contributed by atoms with Crippen LogP contribution in [0, 0.1) is 5.92 Å². The van der Waals surface area contributed by atoms with E-state index < -0.39 is 0 Å². The zero-order valence-corrected chi connectivity index (χ0v) is 13.5. The third-order valence-corrected chi connectivity index (χ3v) is 5.34. The van der Waals surface area contributed by atoms with Crippen molar-refractivity contribution in [3.63, 3.8) is 0 Å². The van der Waals surface area contributed by atoms with E-state index in [0.717, 1.165) is 12.2 Å². The standard InChI is InChI=1S/C17H27NOS/c1-14(2)18-17(13-19)11-6-7-15(17)10-12-20-16-8-4-3-5-9-16/h3-5,8-9,14-15,18-19H,6-7,10-13H2,1-2H3. The molecule has 1 aliphatic carbocycles. The van der Waals surface area contributed by atoms with Crippen LogP contribution < -0.4 is 5.32 Å². The highest BCUT2D eigenvalue weighted by Crippen LogP contribution is 2.39. The first kappa shape index (κ1) is 15.9. The van der Waals surface area contributed by atoms with Crippen LogP contribution in [0.2, 0.25) is 0 Å². The minimum atomic E-state index is -0.0363. The van der Waals surface area contributed by atoms with Gasteiger partial charge >= 0.3 is 0 Å². The smallest absolute Gasteiger partial charge is 0.0616 e. The molecule has 0 amide bonds. The molecule has 112 valence electrons. The van der Waals surface area contributed by atoms with E-state index in [1.807, 2.05) is 11.8 Å². The Kier molecular flexibility index (Phi) is 5.94. The van der Waals surface area contributed by atoms with Gasteiger partial charge in [0.05, 0.1) is 6.61 Å². The summed E-state index contributed by atoms with van der Waals surface area (Å²) in [5.74, 6) is 1.74. The van der Waals surface area contributed by atoms with Crippen molar-refractivity contribution in [1.82, 2.24) is 5.32 Å². The second-order valence-corrected chi connectivity index (χ2v) is 7.32. The summed E-state index contributed by atoms with van der Waals surface area (Å²) in [5.41, 5.74) is -0.0363. The maximum absolute atomic E-state index is 9.88. The molecular weight excluding hydrogens is 266 g/mol. The Bertz CT molecular complexity index is 395. The number of rotatable bonds is 7. The minimum Gasteiger partial charge on any atom is -0.394 e. The van der Waals surface area contributed by atoms with Crippen molar-refractivity contribution in [2.24, 2.45) is 5.92 Å². The molecule has 1 saturated carbocycles. The van der Waals surface area contributed by atoms with E-state index in [9.17, 15) is 5.11 Å². The number of nitrogens with one attached hydrogen (secondary N) is 1. The first-order valence-electron chi connectivity index (χ1n) is 7.73. The lowest BCUT2D eigenvalue weighted by molar-refractivity contribution is 0.113. The van der Waals surface area contributed by atoms with Gasteiger partial charge in [-0.3, -0.25) is 0 Å². The predicted molar refractivity (Wildman–Crippen MR) is 87.2 cm³/mol. The van der Waals surface area contributed by atoms with Crippen LogP contribution in [0.1, 0.15) is 39.5 Å². The lowest BCUT2D eigenvalue weighted by Gasteiger charge is -2.37. The summed E-state index contributed by atoms with van der Waals surface area (Å²) in [5, 5.41) is 13.5. The average Bonchev–Trinajstić information content (AvgIpc) is 2.83. The van der Waals surface area contributed by atoms with E-state index in [1.54, 1.807) is 0 Å². The summed E-state index contributed by atoms with van der Waals surface area (Å²) >= 11 is 1.93. The van der Waals surface area contributed by atoms with Gasteiger partial charge in [0.25, 0.3) is 0 Å². The molecule has 0 aliphatic heterocycles. The van der Waals surface area contributed by atoms with E-state index >= 15 is 0 Å². The quantitative estimate of drug-likeness (QED) is 0.752. The van der Waals surface area contributed by atoms with Crippen molar-refractivity contribution in [3.8, 4) is 0 Å². The highest BCUT2D eigenvalue weighted by molar-refractivity contribution is 7.99. The third kappa shape index (κ3) is 4.00. The van der Waals surface area contributed by atoms with Gasteiger partial charge < -0.3 is 10.4 Å². The summed E-state index contributed by atoms with van der Waals surface area (Å²) in [6, 6.07) is 11.0. The number of thioether (sulfide) groups is 1. The fraction of sp³-hybridized carbons (Fsp3) is 0.647. The molecule has 2 N–H and O–H groups in total. The highest BCUT2D eigenvalue weighted by Gasteiger charge is 2.41. The van der Waals surface area contributed by atoms with E-state index in [-0.39, 0.29) is 12.1 Å².